The lowest BCUT2D eigenvalue weighted by Crippen LogP contribution is -2.20. The van der Waals surface area contributed by atoms with E-state index in [2.05, 4.69) is 9.69 Å². The SMILES string of the molecule is COc1cccc2cc(C(=O)Nc3cc(C)ns3)c(=O)oc12. The highest BCUT2D eigenvalue weighted by molar-refractivity contribution is 7.10. The maximum absolute atomic E-state index is 12.2. The van der Waals surface area contributed by atoms with Crippen molar-refractivity contribution in [3.05, 3.63) is 52.0 Å². The summed E-state index contributed by atoms with van der Waals surface area (Å²) in [5.41, 5.74) is 0.346. The number of hydrogen-bond acceptors (Lipinski definition) is 6. The van der Waals surface area contributed by atoms with Crippen molar-refractivity contribution in [3.63, 3.8) is 0 Å². The summed E-state index contributed by atoms with van der Waals surface area (Å²) in [7, 11) is 1.49. The van der Waals surface area contributed by atoms with Crippen LogP contribution in [-0.4, -0.2) is 17.4 Å². The van der Waals surface area contributed by atoms with E-state index in [1.54, 1.807) is 24.3 Å². The molecule has 6 nitrogen and oxygen atoms in total. The third kappa shape index (κ3) is 2.58. The second-order valence-electron chi connectivity index (χ2n) is 4.61. The molecule has 7 heteroatoms. The van der Waals surface area contributed by atoms with Crippen molar-refractivity contribution >= 4 is 33.4 Å². The van der Waals surface area contributed by atoms with Gasteiger partial charge < -0.3 is 14.5 Å². The number of para-hydroxylation sites is 1. The molecule has 0 radical (unpaired) electrons. The molecule has 2 heterocycles. The normalized spacial score (nSPS) is 10.6. The molecule has 0 unspecified atom stereocenters. The number of aryl methyl sites for hydroxylation is 1. The number of carbonyl (C=O) groups excluding carboxylic acids is 1. The van der Waals surface area contributed by atoms with Gasteiger partial charge in [-0.25, -0.2) is 4.79 Å². The number of fused-ring (bicyclic) bond motifs is 1. The number of rotatable bonds is 3. The van der Waals surface area contributed by atoms with Crippen LogP contribution in [0.25, 0.3) is 11.0 Å². The van der Waals surface area contributed by atoms with Gasteiger partial charge in [0.2, 0.25) is 0 Å². The van der Waals surface area contributed by atoms with Crippen LogP contribution in [0.2, 0.25) is 0 Å². The molecule has 2 aromatic heterocycles. The van der Waals surface area contributed by atoms with Crippen LogP contribution in [0.3, 0.4) is 0 Å². The Labute approximate surface area is 129 Å². The molecule has 0 aliphatic carbocycles. The Morgan fingerprint density at radius 1 is 1.36 bits per heavy atom. The number of methoxy groups -OCH3 is 1. The monoisotopic (exact) mass is 316 g/mol. The summed E-state index contributed by atoms with van der Waals surface area (Å²) in [6.07, 6.45) is 0. The summed E-state index contributed by atoms with van der Waals surface area (Å²) >= 11 is 1.15. The van der Waals surface area contributed by atoms with Gasteiger partial charge in [0, 0.05) is 5.39 Å². The smallest absolute Gasteiger partial charge is 0.349 e. The number of amides is 1. The third-order valence-corrected chi connectivity index (χ3v) is 3.85. The molecule has 22 heavy (non-hydrogen) atoms. The van der Waals surface area contributed by atoms with Gasteiger partial charge in [-0.1, -0.05) is 12.1 Å². The van der Waals surface area contributed by atoms with Crippen molar-refractivity contribution in [2.45, 2.75) is 6.92 Å². The lowest BCUT2D eigenvalue weighted by molar-refractivity contribution is 0.102. The van der Waals surface area contributed by atoms with Crippen LogP contribution < -0.4 is 15.7 Å². The highest BCUT2D eigenvalue weighted by Crippen LogP contribution is 2.24. The van der Waals surface area contributed by atoms with E-state index >= 15 is 0 Å². The van der Waals surface area contributed by atoms with Crippen LogP contribution in [-0.2, 0) is 0 Å². The standard InChI is InChI=1S/C15H12N2O4S/c1-8-6-12(22-17-8)16-14(18)10-7-9-4-3-5-11(20-2)13(9)21-15(10)19/h3-7H,1-2H3,(H,16,18). The Kier molecular flexibility index (Phi) is 3.64. The topological polar surface area (TPSA) is 81.4 Å². The zero-order chi connectivity index (χ0) is 15.7. The Hall–Kier alpha value is -2.67. The number of ether oxygens (including phenoxy) is 1. The fourth-order valence-electron chi connectivity index (χ4n) is 2.04. The zero-order valence-electron chi connectivity index (χ0n) is 11.9. The maximum atomic E-state index is 12.2. The molecule has 1 amide bonds. The number of benzene rings is 1. The molecule has 0 atom stereocenters. The van der Waals surface area contributed by atoms with Crippen molar-refractivity contribution in [3.8, 4) is 5.75 Å². The Morgan fingerprint density at radius 2 is 2.18 bits per heavy atom. The van der Waals surface area contributed by atoms with Crippen LogP contribution >= 0.6 is 11.5 Å². The molecular weight excluding hydrogens is 304 g/mol. The molecule has 0 aliphatic rings. The van der Waals surface area contributed by atoms with Crippen LogP contribution in [0.15, 0.2) is 39.5 Å². The van der Waals surface area contributed by atoms with Crippen molar-refractivity contribution < 1.29 is 13.9 Å². The Bertz CT molecular complexity index is 913. The summed E-state index contributed by atoms with van der Waals surface area (Å²) in [5.74, 6) is -0.0817. The van der Waals surface area contributed by atoms with E-state index in [1.165, 1.54) is 13.2 Å². The summed E-state index contributed by atoms with van der Waals surface area (Å²) in [6, 6.07) is 8.41. The van der Waals surface area contributed by atoms with Gasteiger partial charge in [0.05, 0.1) is 12.8 Å². The van der Waals surface area contributed by atoms with Crippen molar-refractivity contribution in [2.24, 2.45) is 0 Å². The molecule has 1 N–H and O–H groups in total. The number of aromatic nitrogens is 1. The number of anilines is 1. The average Bonchev–Trinajstić information content (AvgIpc) is 2.91. The molecule has 0 bridgehead atoms. The van der Waals surface area contributed by atoms with E-state index in [9.17, 15) is 9.59 Å². The Balaban J connectivity index is 2.02. The van der Waals surface area contributed by atoms with Gasteiger partial charge in [0.1, 0.15) is 10.6 Å². The molecule has 0 saturated carbocycles. The molecule has 3 aromatic rings. The van der Waals surface area contributed by atoms with Crippen molar-refractivity contribution in [1.29, 1.82) is 0 Å². The maximum Gasteiger partial charge on any atom is 0.349 e. The summed E-state index contributed by atoms with van der Waals surface area (Å²) < 4.78 is 14.4. The second kappa shape index (κ2) is 5.61. The molecule has 0 fully saturated rings. The van der Waals surface area contributed by atoms with Crippen molar-refractivity contribution in [1.82, 2.24) is 4.37 Å². The van der Waals surface area contributed by atoms with Gasteiger partial charge in [-0.05, 0) is 36.7 Å². The van der Waals surface area contributed by atoms with E-state index in [0.29, 0.717) is 21.7 Å². The van der Waals surface area contributed by atoms with Crippen LogP contribution in [0, 0.1) is 6.92 Å². The summed E-state index contributed by atoms with van der Waals surface area (Å²) in [5, 5.41) is 3.83. The molecule has 112 valence electrons. The van der Waals surface area contributed by atoms with Crippen LogP contribution in [0.5, 0.6) is 5.75 Å². The summed E-state index contributed by atoms with van der Waals surface area (Å²) in [6.45, 7) is 1.82. The first-order chi connectivity index (χ1) is 10.6. The van der Waals surface area contributed by atoms with Crippen LogP contribution in [0.1, 0.15) is 16.1 Å². The van der Waals surface area contributed by atoms with Gasteiger partial charge in [-0.15, -0.1) is 0 Å². The van der Waals surface area contributed by atoms with Gasteiger partial charge in [-0.3, -0.25) is 4.79 Å². The van der Waals surface area contributed by atoms with Gasteiger partial charge >= 0.3 is 5.63 Å². The quantitative estimate of drug-likeness (QED) is 0.751. The van der Waals surface area contributed by atoms with E-state index in [4.69, 9.17) is 9.15 Å². The van der Waals surface area contributed by atoms with Gasteiger partial charge in [0.15, 0.2) is 11.3 Å². The van der Waals surface area contributed by atoms with Crippen LogP contribution in [0.4, 0.5) is 5.00 Å². The second-order valence-corrected chi connectivity index (χ2v) is 5.42. The molecule has 0 aliphatic heterocycles. The predicted molar refractivity (Wildman–Crippen MR) is 83.8 cm³/mol. The molecule has 0 saturated heterocycles. The van der Waals surface area contributed by atoms with E-state index in [-0.39, 0.29) is 5.56 Å². The van der Waals surface area contributed by atoms with Crippen molar-refractivity contribution in [2.75, 3.05) is 12.4 Å². The van der Waals surface area contributed by atoms with E-state index < -0.39 is 11.5 Å². The fourth-order valence-corrected chi connectivity index (χ4v) is 2.70. The first-order valence-corrected chi connectivity index (χ1v) is 7.21. The minimum absolute atomic E-state index is 0.0631. The Morgan fingerprint density at radius 3 is 2.86 bits per heavy atom. The first-order valence-electron chi connectivity index (χ1n) is 6.44. The molecule has 3 rings (SSSR count). The summed E-state index contributed by atoms with van der Waals surface area (Å²) in [4.78, 5) is 24.3. The predicted octanol–water partition coefficient (Wildman–Crippen LogP) is 2.82. The lowest BCUT2D eigenvalue weighted by atomic mass is 10.1. The number of carbonyl (C=O) groups is 1. The molecular formula is C15H12N2O4S. The average molecular weight is 316 g/mol. The minimum atomic E-state index is -0.712. The largest absolute Gasteiger partial charge is 0.493 e. The van der Waals surface area contributed by atoms with E-state index in [1.807, 2.05) is 6.92 Å². The number of nitrogens with one attached hydrogen (secondary N) is 1. The molecule has 1 aromatic carbocycles. The van der Waals surface area contributed by atoms with Gasteiger partial charge in [0.25, 0.3) is 5.91 Å². The van der Waals surface area contributed by atoms with Gasteiger partial charge in [-0.2, -0.15) is 4.37 Å². The van der Waals surface area contributed by atoms with E-state index in [0.717, 1.165) is 17.2 Å². The first kappa shape index (κ1) is 14.3. The third-order valence-electron chi connectivity index (χ3n) is 3.05. The zero-order valence-corrected chi connectivity index (χ0v) is 12.7. The number of nitrogens with zero attached hydrogens (tertiary/aromatic N) is 1. The minimum Gasteiger partial charge on any atom is -0.493 e. The fraction of sp³-hybridized carbons (Fsp3) is 0.133. The lowest BCUT2D eigenvalue weighted by Gasteiger charge is -2.05. The highest BCUT2D eigenvalue weighted by Gasteiger charge is 2.16. The highest BCUT2D eigenvalue weighted by atomic mass is 32.1. The molecule has 0 spiro atoms. The number of hydrogen-bond donors (Lipinski definition) is 1.